The van der Waals surface area contributed by atoms with E-state index in [9.17, 15) is 13.2 Å². The maximum atomic E-state index is 12.7. The van der Waals surface area contributed by atoms with E-state index in [1.165, 1.54) is 0 Å². The molecule has 0 saturated carbocycles. The quantitative estimate of drug-likeness (QED) is 0.721. The van der Waals surface area contributed by atoms with Crippen molar-refractivity contribution >= 4 is 54.8 Å². The normalized spacial score (nSPS) is 12.5. The molecule has 0 aliphatic carbocycles. The van der Waals surface area contributed by atoms with Crippen molar-refractivity contribution in [3.8, 4) is 0 Å². The van der Waals surface area contributed by atoms with Gasteiger partial charge in [-0.3, -0.25) is 9.10 Å². The zero-order valence-electron chi connectivity index (χ0n) is 13.7. The van der Waals surface area contributed by atoms with E-state index in [2.05, 4.69) is 21.2 Å². The van der Waals surface area contributed by atoms with Gasteiger partial charge in [-0.2, -0.15) is 0 Å². The summed E-state index contributed by atoms with van der Waals surface area (Å²) >= 11 is 9.32. The van der Waals surface area contributed by atoms with Gasteiger partial charge >= 0.3 is 0 Å². The Hall–Kier alpha value is -1.57. The molecule has 0 aliphatic rings. The highest BCUT2D eigenvalue weighted by Crippen LogP contribution is 2.27. The molecule has 0 heterocycles. The lowest BCUT2D eigenvalue weighted by Crippen LogP contribution is -2.46. The first-order chi connectivity index (χ1) is 11.7. The number of carbonyl (C=O) groups is 1. The highest BCUT2D eigenvalue weighted by atomic mass is 79.9. The summed E-state index contributed by atoms with van der Waals surface area (Å²) in [5.41, 5.74) is 0.944. The van der Waals surface area contributed by atoms with Crippen molar-refractivity contribution in [2.75, 3.05) is 15.9 Å². The average molecular weight is 446 g/mol. The first-order valence-electron chi connectivity index (χ1n) is 7.54. The number of hydrogen-bond donors (Lipinski definition) is 1. The van der Waals surface area contributed by atoms with E-state index in [1.54, 1.807) is 55.5 Å². The summed E-state index contributed by atoms with van der Waals surface area (Å²) in [5, 5.41) is 3.19. The average Bonchev–Trinajstić information content (AvgIpc) is 2.55. The molecule has 0 aliphatic heterocycles. The number of carbonyl (C=O) groups excluding carboxylic acids is 1. The first-order valence-corrected chi connectivity index (χ1v) is 10.6. The SMILES string of the molecule is CC[C@@H](C(=O)Nc1ccc(Br)c(Cl)c1)N(c1ccccc1)S(C)(=O)=O. The molecule has 2 rings (SSSR count). The van der Waals surface area contributed by atoms with Gasteiger partial charge in [-0.15, -0.1) is 0 Å². The van der Waals surface area contributed by atoms with E-state index in [-0.39, 0.29) is 0 Å². The molecule has 0 unspecified atom stereocenters. The van der Waals surface area contributed by atoms with Crippen LogP contribution in [0.15, 0.2) is 53.0 Å². The van der Waals surface area contributed by atoms with Crippen LogP contribution in [0.25, 0.3) is 0 Å². The number of nitrogens with zero attached hydrogens (tertiary/aromatic N) is 1. The van der Waals surface area contributed by atoms with Crippen LogP contribution in [-0.2, 0) is 14.8 Å². The van der Waals surface area contributed by atoms with Gasteiger partial charge in [0.2, 0.25) is 15.9 Å². The number of hydrogen-bond acceptors (Lipinski definition) is 3. The molecule has 0 radical (unpaired) electrons. The van der Waals surface area contributed by atoms with Gasteiger partial charge in [0, 0.05) is 10.2 Å². The van der Waals surface area contributed by atoms with Crippen molar-refractivity contribution in [2.45, 2.75) is 19.4 Å². The molecule has 134 valence electrons. The number of amides is 1. The summed E-state index contributed by atoms with van der Waals surface area (Å²) in [6.45, 7) is 1.76. The van der Waals surface area contributed by atoms with Crippen LogP contribution < -0.4 is 9.62 Å². The Kier molecular flexibility index (Phi) is 6.48. The van der Waals surface area contributed by atoms with Gasteiger partial charge in [0.15, 0.2) is 0 Å². The minimum atomic E-state index is -3.64. The molecule has 0 bridgehead atoms. The summed E-state index contributed by atoms with van der Waals surface area (Å²) in [7, 11) is -3.64. The van der Waals surface area contributed by atoms with Crippen LogP contribution in [0.3, 0.4) is 0 Å². The van der Waals surface area contributed by atoms with Crippen LogP contribution in [0.1, 0.15) is 13.3 Å². The third-order valence-electron chi connectivity index (χ3n) is 3.53. The maximum Gasteiger partial charge on any atom is 0.248 e. The third-order valence-corrected chi connectivity index (χ3v) is 5.94. The molecule has 1 N–H and O–H groups in total. The highest BCUT2D eigenvalue weighted by Gasteiger charge is 2.31. The fourth-order valence-corrected chi connectivity index (χ4v) is 4.07. The van der Waals surface area contributed by atoms with Crippen LogP contribution >= 0.6 is 27.5 Å². The fourth-order valence-electron chi connectivity index (χ4n) is 2.43. The van der Waals surface area contributed by atoms with Crippen molar-refractivity contribution in [1.29, 1.82) is 0 Å². The number of rotatable bonds is 6. The zero-order valence-corrected chi connectivity index (χ0v) is 16.9. The predicted octanol–water partition coefficient (Wildman–Crippen LogP) is 4.29. The van der Waals surface area contributed by atoms with Crippen LogP contribution in [0.4, 0.5) is 11.4 Å². The number of sulfonamides is 1. The lowest BCUT2D eigenvalue weighted by atomic mass is 10.2. The number of benzene rings is 2. The standard InChI is InChI=1S/C17H18BrClN2O3S/c1-3-16(17(22)20-12-9-10-14(18)15(19)11-12)21(25(2,23)24)13-7-5-4-6-8-13/h4-11,16H,3H2,1-2H3,(H,20,22)/t16-/m0/s1. The summed E-state index contributed by atoms with van der Waals surface area (Å²) in [6, 6.07) is 12.7. The van der Waals surface area contributed by atoms with Crippen molar-refractivity contribution in [2.24, 2.45) is 0 Å². The Balaban J connectivity index is 2.34. The molecule has 0 spiro atoms. The van der Waals surface area contributed by atoms with E-state index in [1.807, 2.05) is 0 Å². The highest BCUT2D eigenvalue weighted by molar-refractivity contribution is 9.10. The summed E-state index contributed by atoms with van der Waals surface area (Å²) in [6.07, 6.45) is 1.41. The minimum Gasteiger partial charge on any atom is -0.324 e. The molecule has 0 aromatic heterocycles. The second-order valence-corrected chi connectivity index (χ2v) is 8.56. The topological polar surface area (TPSA) is 66.5 Å². The maximum absolute atomic E-state index is 12.7. The summed E-state index contributed by atoms with van der Waals surface area (Å²) < 4.78 is 26.5. The largest absolute Gasteiger partial charge is 0.324 e. The van der Waals surface area contributed by atoms with Crippen molar-refractivity contribution in [3.63, 3.8) is 0 Å². The summed E-state index contributed by atoms with van der Waals surface area (Å²) in [5.74, 6) is -0.421. The molecule has 1 amide bonds. The van der Waals surface area contributed by atoms with E-state index < -0.39 is 22.0 Å². The molecular weight excluding hydrogens is 428 g/mol. The molecule has 2 aromatic rings. The molecule has 0 fully saturated rings. The van der Waals surface area contributed by atoms with Gasteiger partial charge in [-0.05, 0) is 52.7 Å². The van der Waals surface area contributed by atoms with E-state index in [0.717, 1.165) is 10.6 Å². The zero-order chi connectivity index (χ0) is 18.6. The Morgan fingerprint density at radius 2 is 1.88 bits per heavy atom. The number of nitrogens with one attached hydrogen (secondary N) is 1. The molecular formula is C17H18BrClN2O3S. The minimum absolute atomic E-state index is 0.318. The lowest BCUT2D eigenvalue weighted by Gasteiger charge is -2.30. The second-order valence-electron chi connectivity index (χ2n) is 5.44. The Labute approximate surface area is 161 Å². The molecule has 1 atom stereocenters. The van der Waals surface area contributed by atoms with Crippen LogP contribution in [0.2, 0.25) is 5.02 Å². The smallest absolute Gasteiger partial charge is 0.248 e. The van der Waals surface area contributed by atoms with Crippen molar-refractivity contribution in [1.82, 2.24) is 0 Å². The van der Waals surface area contributed by atoms with Gasteiger partial charge in [0.25, 0.3) is 0 Å². The van der Waals surface area contributed by atoms with Gasteiger partial charge in [0.1, 0.15) is 6.04 Å². The van der Waals surface area contributed by atoms with Gasteiger partial charge in [-0.25, -0.2) is 8.42 Å². The fraction of sp³-hybridized carbons (Fsp3) is 0.235. The Morgan fingerprint density at radius 1 is 1.24 bits per heavy atom. The molecule has 2 aromatic carbocycles. The lowest BCUT2D eigenvalue weighted by molar-refractivity contribution is -0.117. The Morgan fingerprint density at radius 3 is 2.40 bits per heavy atom. The molecule has 8 heteroatoms. The van der Waals surface area contributed by atoms with Gasteiger partial charge in [-0.1, -0.05) is 36.7 Å². The van der Waals surface area contributed by atoms with E-state index >= 15 is 0 Å². The summed E-state index contributed by atoms with van der Waals surface area (Å²) in [4.78, 5) is 12.7. The van der Waals surface area contributed by atoms with Crippen LogP contribution in [-0.4, -0.2) is 26.6 Å². The van der Waals surface area contributed by atoms with E-state index in [0.29, 0.717) is 27.3 Å². The molecule has 5 nitrogen and oxygen atoms in total. The van der Waals surface area contributed by atoms with Crippen LogP contribution in [0.5, 0.6) is 0 Å². The van der Waals surface area contributed by atoms with Crippen molar-refractivity contribution < 1.29 is 13.2 Å². The van der Waals surface area contributed by atoms with Gasteiger partial charge < -0.3 is 5.32 Å². The van der Waals surface area contributed by atoms with Gasteiger partial charge in [0.05, 0.1) is 17.0 Å². The van der Waals surface area contributed by atoms with Crippen molar-refractivity contribution in [3.05, 3.63) is 58.0 Å². The monoisotopic (exact) mass is 444 g/mol. The molecule has 25 heavy (non-hydrogen) atoms. The third kappa shape index (κ3) is 4.96. The number of para-hydroxylation sites is 1. The number of halogens is 2. The van der Waals surface area contributed by atoms with Crippen LogP contribution in [0, 0.1) is 0 Å². The van der Waals surface area contributed by atoms with E-state index in [4.69, 9.17) is 11.6 Å². The second kappa shape index (κ2) is 8.21. The first kappa shape index (κ1) is 19.8. The Bertz CT molecular complexity index is 859. The molecule has 0 saturated heterocycles. The number of anilines is 2. The predicted molar refractivity (Wildman–Crippen MR) is 106 cm³/mol.